The third-order valence-electron chi connectivity index (χ3n) is 1.21. The number of carbonyl (C=O) groups is 2. The van der Waals surface area contributed by atoms with E-state index in [2.05, 4.69) is 13.8 Å². The van der Waals surface area contributed by atoms with E-state index in [0.717, 1.165) is 13.8 Å². The molecule has 0 bridgehead atoms. The fourth-order valence-corrected chi connectivity index (χ4v) is 1.50. The lowest BCUT2D eigenvalue weighted by molar-refractivity contribution is -0.303. The Bertz CT molecular complexity index is 134. The van der Waals surface area contributed by atoms with Crippen LogP contribution in [0.1, 0.15) is 53.4 Å². The highest BCUT2D eigenvalue weighted by atomic mass is 31.0. The predicted molar refractivity (Wildman–Crippen MR) is 83.1 cm³/mol. The van der Waals surface area contributed by atoms with Gasteiger partial charge in [0.25, 0.3) is 0 Å². The van der Waals surface area contributed by atoms with Gasteiger partial charge in [0.05, 0.1) is 12.3 Å². The molecule has 0 saturated heterocycles. The molecule has 0 aromatic heterocycles. The summed E-state index contributed by atoms with van der Waals surface area (Å²) in [7, 11) is 4.10. The van der Waals surface area contributed by atoms with Crippen molar-refractivity contribution in [1.29, 1.82) is 0 Å². The fourth-order valence-electron chi connectivity index (χ4n) is 0.500. The van der Waals surface area contributed by atoms with Gasteiger partial charge in [0, 0.05) is 11.9 Å². The number of hydrogen-bond donors (Lipinski definition) is 0. The Morgan fingerprint density at radius 2 is 1.00 bits per heavy atom. The van der Waals surface area contributed by atoms with Crippen molar-refractivity contribution < 1.29 is 19.8 Å². The second-order valence-electron chi connectivity index (χ2n) is 3.40. The van der Waals surface area contributed by atoms with Gasteiger partial charge in [0.15, 0.2) is 0 Å². The van der Waals surface area contributed by atoms with Crippen LogP contribution in [-0.4, -0.2) is 24.3 Å². The van der Waals surface area contributed by atoms with Crippen LogP contribution in [0.4, 0.5) is 0 Å². The van der Waals surface area contributed by atoms with Crippen molar-refractivity contribution in [3.63, 3.8) is 0 Å². The molecule has 2 unspecified atom stereocenters. The van der Waals surface area contributed by atoms with Crippen LogP contribution in [0, 0.1) is 0 Å². The van der Waals surface area contributed by atoms with Crippen molar-refractivity contribution in [2.45, 2.75) is 53.4 Å². The Balaban J connectivity index is -0.0000000731. The van der Waals surface area contributed by atoms with E-state index >= 15 is 0 Å². The molecular formula is C12H30O4P2. The smallest absolute Gasteiger partial charge is 0.0526 e. The first-order valence-corrected chi connectivity index (χ1v) is 8.23. The zero-order valence-electron chi connectivity index (χ0n) is 12.3. The number of carboxylic acids is 2. The van der Waals surface area contributed by atoms with Gasteiger partial charge >= 0.3 is 0 Å². The molecule has 4 nitrogen and oxygen atoms in total. The first kappa shape index (κ1) is 26.4. The van der Waals surface area contributed by atoms with Crippen LogP contribution in [0.25, 0.3) is 0 Å². The molecular weight excluding hydrogens is 270 g/mol. The number of rotatable bonds is 4. The second-order valence-corrected chi connectivity index (χ2v) is 4.81. The minimum atomic E-state index is -1.08. The summed E-state index contributed by atoms with van der Waals surface area (Å²) in [6.07, 6.45) is 8.25. The molecule has 18 heavy (non-hydrogen) atoms. The van der Waals surface area contributed by atoms with Gasteiger partial charge in [-0.1, -0.05) is 26.7 Å². The number of carboxylic acid groups (broad SMARTS) is 2. The average molecular weight is 300 g/mol. The van der Waals surface area contributed by atoms with E-state index < -0.39 is 11.9 Å². The van der Waals surface area contributed by atoms with Crippen LogP contribution < -0.4 is 10.2 Å². The van der Waals surface area contributed by atoms with Crippen molar-refractivity contribution in [3.05, 3.63) is 0 Å². The topological polar surface area (TPSA) is 80.3 Å². The maximum Gasteiger partial charge on any atom is 0.0526 e. The molecule has 0 aromatic rings. The summed E-state index contributed by atoms with van der Waals surface area (Å²) >= 11 is 0. The molecule has 0 aliphatic heterocycles. The van der Waals surface area contributed by atoms with Crippen LogP contribution in [0.2, 0.25) is 0 Å². The lowest BCUT2D eigenvalue weighted by Crippen LogP contribution is -2.16. The van der Waals surface area contributed by atoms with Crippen molar-refractivity contribution >= 4 is 30.4 Å². The molecule has 0 aromatic carbocycles. The van der Waals surface area contributed by atoms with Gasteiger partial charge in [0.1, 0.15) is 0 Å². The van der Waals surface area contributed by atoms with Gasteiger partial charge in [-0.15, -0.1) is 0 Å². The number of aliphatic carboxylic acids is 2. The lowest BCUT2D eigenvalue weighted by Gasteiger charge is -1.77. The lowest BCUT2D eigenvalue weighted by atomic mass is 10.4. The molecule has 0 aliphatic carbocycles. The zero-order chi connectivity index (χ0) is 15.4. The van der Waals surface area contributed by atoms with Crippen LogP contribution in [-0.2, 0) is 9.59 Å². The van der Waals surface area contributed by atoms with Crippen LogP contribution in [0.5, 0.6) is 0 Å². The largest absolute Gasteiger partial charge is 0.550 e. The zero-order valence-corrected chi connectivity index (χ0v) is 15.1. The Labute approximate surface area is 116 Å². The van der Waals surface area contributed by atoms with E-state index in [0.29, 0.717) is 0 Å². The Morgan fingerprint density at radius 3 is 1.00 bits per heavy atom. The third kappa shape index (κ3) is 240. The maximum absolute atomic E-state index is 8.89. The highest BCUT2D eigenvalue weighted by molar-refractivity contribution is 7.16. The molecule has 0 saturated carbocycles. The van der Waals surface area contributed by atoms with Gasteiger partial charge in [-0.2, -0.15) is 0 Å². The number of carbonyl (C=O) groups excluding carboxylic acids is 2. The molecule has 0 fully saturated rings. The highest BCUT2D eigenvalue weighted by Gasteiger charge is 1.73. The van der Waals surface area contributed by atoms with E-state index in [9.17, 15) is 0 Å². The van der Waals surface area contributed by atoms with Crippen LogP contribution >= 0.6 is 18.5 Å². The normalized spacial score (nSPS) is 7.78. The molecule has 0 radical (unpaired) electrons. The van der Waals surface area contributed by atoms with E-state index in [-0.39, 0.29) is 0 Å². The van der Waals surface area contributed by atoms with Crippen molar-refractivity contribution in [1.82, 2.24) is 0 Å². The quantitative estimate of drug-likeness (QED) is 0.699. The molecule has 112 valence electrons. The Hall–Kier alpha value is -0.200. The SMILES string of the molecule is CC(=O)[O-].CC(=O)[O-].CCCC[PH3+].CCCC[PH3+]. The van der Waals surface area contributed by atoms with E-state index in [1.165, 1.54) is 38.0 Å². The standard InChI is InChI=1S/2C4H11P.2C2H4O2/c2*1-2-3-4-5;2*1-2(3)4/h2*2-5H2,1H3;2*1H3,(H,3,4). The summed E-state index contributed by atoms with van der Waals surface area (Å²) in [5.74, 6) is -2.17. The second kappa shape index (κ2) is 30.1. The van der Waals surface area contributed by atoms with Crippen molar-refractivity contribution in [3.8, 4) is 0 Å². The number of unbranched alkanes of at least 4 members (excludes halogenated alkanes) is 2. The molecule has 0 amide bonds. The van der Waals surface area contributed by atoms with E-state index in [1.807, 2.05) is 18.5 Å². The highest BCUT2D eigenvalue weighted by Crippen LogP contribution is 1.90. The Kier molecular flexibility index (Phi) is 44.1. The number of hydrogen-bond acceptors (Lipinski definition) is 4. The summed E-state index contributed by atoms with van der Waals surface area (Å²) < 4.78 is 0. The van der Waals surface area contributed by atoms with E-state index in [4.69, 9.17) is 19.8 Å². The summed E-state index contributed by atoms with van der Waals surface area (Å²) in [6.45, 7) is 6.38. The van der Waals surface area contributed by atoms with Crippen LogP contribution in [0.3, 0.4) is 0 Å². The molecule has 0 N–H and O–H groups in total. The van der Waals surface area contributed by atoms with Gasteiger partial charge in [0.2, 0.25) is 0 Å². The van der Waals surface area contributed by atoms with Crippen LogP contribution in [0.15, 0.2) is 0 Å². The summed E-state index contributed by atoms with van der Waals surface area (Å²) in [5.41, 5.74) is 0. The fraction of sp³-hybridized carbons (Fsp3) is 0.833. The molecule has 2 atom stereocenters. The molecule has 0 heterocycles. The minimum Gasteiger partial charge on any atom is -0.550 e. The summed E-state index contributed by atoms with van der Waals surface area (Å²) in [6, 6.07) is 0. The predicted octanol–water partition coefficient (Wildman–Crippen LogP) is 0.300. The average Bonchev–Trinajstić information content (AvgIpc) is 2.19. The summed E-state index contributed by atoms with van der Waals surface area (Å²) in [4.78, 5) is 17.8. The monoisotopic (exact) mass is 300 g/mol. The molecule has 0 rings (SSSR count). The van der Waals surface area contributed by atoms with Gasteiger partial charge < -0.3 is 19.8 Å². The third-order valence-corrected chi connectivity index (χ3v) is 2.21. The Morgan fingerprint density at radius 1 is 0.833 bits per heavy atom. The molecule has 6 heteroatoms. The van der Waals surface area contributed by atoms with Crippen molar-refractivity contribution in [2.75, 3.05) is 12.3 Å². The maximum atomic E-state index is 8.89. The van der Waals surface area contributed by atoms with Crippen molar-refractivity contribution in [2.24, 2.45) is 0 Å². The minimum absolute atomic E-state index is 0.972. The molecule has 0 spiro atoms. The van der Waals surface area contributed by atoms with E-state index in [1.54, 1.807) is 0 Å². The summed E-state index contributed by atoms with van der Waals surface area (Å²) in [5, 5.41) is 17.8. The van der Waals surface area contributed by atoms with Gasteiger partial charge in [-0.05, 0) is 45.2 Å². The first-order valence-electron chi connectivity index (χ1n) is 6.23. The van der Waals surface area contributed by atoms with Gasteiger partial charge in [-0.25, -0.2) is 0 Å². The molecule has 0 aliphatic rings. The van der Waals surface area contributed by atoms with Gasteiger partial charge in [-0.3, -0.25) is 0 Å². The first-order chi connectivity index (χ1) is 8.29.